The number of halogens is 2. The van der Waals surface area contributed by atoms with Crippen LogP contribution in [0, 0.1) is 0 Å². The molecule has 54 heavy (non-hydrogen) atoms. The first-order chi connectivity index (χ1) is 24.7. The van der Waals surface area contributed by atoms with Crippen molar-refractivity contribution in [3.05, 3.63) is 57.8 Å². The van der Waals surface area contributed by atoms with E-state index in [4.69, 9.17) is 42.1 Å². The van der Waals surface area contributed by atoms with Gasteiger partial charge in [0.15, 0.2) is 0 Å². The fourth-order valence-electron chi connectivity index (χ4n) is 5.62. The predicted octanol–water partition coefficient (Wildman–Crippen LogP) is 9.18. The largest absolute Gasteiger partial charge is 0.458 e. The maximum atomic E-state index is 13.3. The molecule has 2 aromatic carbocycles. The number of alkyl carbamates (subject to hydrolysis) is 2. The lowest BCUT2D eigenvalue weighted by molar-refractivity contribution is -0.158. The second kappa shape index (κ2) is 15.7. The van der Waals surface area contributed by atoms with Crippen molar-refractivity contribution in [2.24, 2.45) is 0 Å². The van der Waals surface area contributed by atoms with Crippen LogP contribution in [-0.2, 0) is 41.4 Å². The summed E-state index contributed by atoms with van der Waals surface area (Å²) in [5.41, 5.74) is 0.889. The van der Waals surface area contributed by atoms with Crippen molar-refractivity contribution in [1.29, 1.82) is 0 Å². The Bertz CT molecular complexity index is 1890. The average Bonchev–Trinajstić information content (AvgIpc) is 3.54. The molecule has 12 nitrogen and oxygen atoms in total. The van der Waals surface area contributed by atoms with E-state index in [9.17, 15) is 19.2 Å². The minimum absolute atomic E-state index is 0.0840. The van der Waals surface area contributed by atoms with Gasteiger partial charge in [-0.15, -0.1) is 0 Å². The maximum Gasteiger partial charge on any atom is 0.408 e. The Hall–Kier alpha value is -4.42. The number of benzene rings is 2. The third-order valence-electron chi connectivity index (χ3n) is 7.61. The van der Waals surface area contributed by atoms with Crippen molar-refractivity contribution >= 4 is 69.1 Å². The number of aromatic nitrogens is 2. The van der Waals surface area contributed by atoms with Crippen LogP contribution in [0.3, 0.4) is 0 Å². The van der Waals surface area contributed by atoms with E-state index in [-0.39, 0.29) is 12.8 Å². The lowest BCUT2D eigenvalue weighted by Gasteiger charge is -2.26. The Morgan fingerprint density at radius 2 is 0.870 bits per heavy atom. The molecule has 4 aromatic rings. The van der Waals surface area contributed by atoms with Crippen LogP contribution in [0.4, 0.5) is 9.59 Å². The Balaban J connectivity index is 1.73. The van der Waals surface area contributed by atoms with Crippen LogP contribution in [0.15, 0.2) is 36.7 Å². The fourth-order valence-corrected chi connectivity index (χ4v) is 6.16. The van der Waals surface area contributed by atoms with Gasteiger partial charge in [0.2, 0.25) is 0 Å². The van der Waals surface area contributed by atoms with E-state index < -0.39 is 58.6 Å². The molecular formula is C40H52Cl2N4O8. The number of ether oxygens (including phenoxy) is 4. The number of amides is 2. The number of esters is 2. The first kappa shape index (κ1) is 42.3. The molecule has 2 atom stereocenters. The molecule has 0 saturated heterocycles. The standard InChI is InChI=1S/C40H52Cl2N4O8/c1-37(2,3)51-33(47)31(45-35(49)53-39(7,8)9)13-21-19-43-29-17-27(41)25(15-23(21)29)26-16-24-22(20-44-30(24)18-28(26)42)14-32(34(48)52-38(4,5)6)46-36(50)54-40(10,11)12/h15-20,31-32,43-44H,13-14H2,1-12H3,(H,45,49)(H,46,50)/t31-,32-/m0/s1. The first-order valence-electron chi connectivity index (χ1n) is 17.7. The van der Waals surface area contributed by atoms with Crippen molar-refractivity contribution in [3.8, 4) is 11.1 Å². The normalized spacial score (nSPS) is 13.7. The summed E-state index contributed by atoms with van der Waals surface area (Å²) in [5, 5.41) is 7.65. The molecule has 0 fully saturated rings. The lowest BCUT2D eigenvalue weighted by atomic mass is 9.97. The van der Waals surface area contributed by atoms with E-state index in [1.165, 1.54) is 0 Å². The fraction of sp³-hybridized carbons (Fsp3) is 0.500. The molecule has 2 amide bonds. The van der Waals surface area contributed by atoms with Gasteiger partial charge in [-0.05, 0) is 118 Å². The zero-order chi connectivity index (χ0) is 40.6. The van der Waals surface area contributed by atoms with Gasteiger partial charge >= 0.3 is 24.1 Å². The predicted molar refractivity (Wildman–Crippen MR) is 211 cm³/mol. The van der Waals surface area contributed by atoms with Crippen molar-refractivity contribution in [2.45, 2.75) is 130 Å². The molecule has 0 bridgehead atoms. The summed E-state index contributed by atoms with van der Waals surface area (Å²) in [6, 6.07) is 5.15. The molecule has 4 N–H and O–H groups in total. The SMILES string of the molecule is CC(C)(C)OC(=O)N[C@@H](Cc1c[nH]c2cc(Cl)c(-c3cc4c(C[C@H](NC(=O)OC(C)(C)C)C(=O)OC(C)(C)C)c[nH]c4cc3Cl)cc12)C(=O)OC(C)(C)C. The Labute approximate surface area is 326 Å². The molecule has 0 unspecified atom stereocenters. The lowest BCUT2D eigenvalue weighted by Crippen LogP contribution is -2.47. The van der Waals surface area contributed by atoms with Gasteiger partial charge in [-0.1, -0.05) is 23.2 Å². The topological polar surface area (TPSA) is 161 Å². The van der Waals surface area contributed by atoms with Gasteiger partial charge in [0.05, 0.1) is 10.0 Å². The minimum Gasteiger partial charge on any atom is -0.458 e. The summed E-state index contributed by atoms with van der Waals surface area (Å²) in [4.78, 5) is 58.7. The number of H-pyrrole nitrogens is 2. The van der Waals surface area contributed by atoms with E-state index in [2.05, 4.69) is 20.6 Å². The van der Waals surface area contributed by atoms with E-state index >= 15 is 0 Å². The van der Waals surface area contributed by atoms with Crippen LogP contribution >= 0.6 is 23.2 Å². The summed E-state index contributed by atoms with van der Waals surface area (Å²) in [5.74, 6) is -1.23. The maximum absolute atomic E-state index is 13.3. The van der Waals surface area contributed by atoms with Gasteiger partial charge in [0.25, 0.3) is 0 Å². The molecular weight excluding hydrogens is 735 g/mol. The van der Waals surface area contributed by atoms with Crippen molar-refractivity contribution in [2.75, 3.05) is 0 Å². The zero-order valence-electron chi connectivity index (χ0n) is 33.1. The van der Waals surface area contributed by atoms with Crippen molar-refractivity contribution in [3.63, 3.8) is 0 Å². The highest BCUT2D eigenvalue weighted by atomic mass is 35.5. The molecule has 0 spiro atoms. The highest BCUT2D eigenvalue weighted by Crippen LogP contribution is 2.40. The van der Waals surface area contributed by atoms with Gasteiger partial charge in [-0.2, -0.15) is 0 Å². The quantitative estimate of drug-likeness (QED) is 0.0965. The molecule has 0 saturated carbocycles. The second-order valence-electron chi connectivity index (χ2n) is 17.3. The van der Waals surface area contributed by atoms with Crippen LogP contribution in [0.1, 0.15) is 94.2 Å². The third-order valence-corrected chi connectivity index (χ3v) is 8.24. The highest BCUT2D eigenvalue weighted by Gasteiger charge is 2.32. The molecule has 294 valence electrons. The molecule has 0 aliphatic rings. The van der Waals surface area contributed by atoms with Crippen LogP contribution in [-0.4, -0.2) is 68.6 Å². The summed E-state index contributed by atoms with van der Waals surface area (Å²) in [7, 11) is 0. The first-order valence-corrected chi connectivity index (χ1v) is 18.5. The number of rotatable bonds is 9. The monoisotopic (exact) mass is 786 g/mol. The molecule has 0 radical (unpaired) electrons. The summed E-state index contributed by atoms with van der Waals surface area (Å²) in [6.45, 7) is 20.9. The van der Waals surface area contributed by atoms with E-state index in [0.29, 0.717) is 43.3 Å². The molecule has 14 heteroatoms. The number of aromatic amines is 2. The smallest absolute Gasteiger partial charge is 0.408 e. The summed E-state index contributed by atoms with van der Waals surface area (Å²) in [6.07, 6.45) is 2.17. The molecule has 0 aliphatic heterocycles. The highest BCUT2D eigenvalue weighted by molar-refractivity contribution is 6.37. The van der Waals surface area contributed by atoms with Gasteiger partial charge < -0.3 is 39.5 Å². The van der Waals surface area contributed by atoms with Crippen LogP contribution in [0.2, 0.25) is 10.0 Å². The van der Waals surface area contributed by atoms with E-state index in [1.807, 2.05) is 12.1 Å². The van der Waals surface area contributed by atoms with Gasteiger partial charge in [-0.25, -0.2) is 19.2 Å². The van der Waals surface area contributed by atoms with Crippen molar-refractivity contribution in [1.82, 2.24) is 20.6 Å². The van der Waals surface area contributed by atoms with Crippen LogP contribution in [0.5, 0.6) is 0 Å². The molecule has 2 aromatic heterocycles. The number of carbonyl (C=O) groups is 4. The Kier molecular flexibility index (Phi) is 12.3. The molecule has 2 heterocycles. The van der Waals surface area contributed by atoms with Gasteiger partial charge in [0, 0.05) is 58.2 Å². The molecule has 4 rings (SSSR count). The van der Waals surface area contributed by atoms with E-state index in [1.54, 1.807) is 108 Å². The van der Waals surface area contributed by atoms with Crippen LogP contribution < -0.4 is 10.6 Å². The second-order valence-corrected chi connectivity index (χ2v) is 18.1. The summed E-state index contributed by atoms with van der Waals surface area (Å²) >= 11 is 13.8. The third kappa shape index (κ3) is 11.8. The van der Waals surface area contributed by atoms with Gasteiger partial charge in [-0.3, -0.25) is 0 Å². The van der Waals surface area contributed by atoms with Gasteiger partial charge in [0.1, 0.15) is 34.5 Å². The van der Waals surface area contributed by atoms with E-state index in [0.717, 1.165) is 10.8 Å². The average molecular weight is 788 g/mol. The Morgan fingerprint density at radius 1 is 0.556 bits per heavy atom. The minimum atomic E-state index is -1.06. The number of nitrogens with one attached hydrogen (secondary N) is 4. The Morgan fingerprint density at radius 3 is 1.17 bits per heavy atom. The van der Waals surface area contributed by atoms with Crippen LogP contribution in [0.25, 0.3) is 32.9 Å². The summed E-state index contributed by atoms with van der Waals surface area (Å²) < 4.78 is 22.2. The number of hydrogen-bond acceptors (Lipinski definition) is 8. The zero-order valence-corrected chi connectivity index (χ0v) is 34.6. The number of carbonyl (C=O) groups excluding carboxylic acids is 4. The van der Waals surface area contributed by atoms with Crippen molar-refractivity contribution < 1.29 is 38.1 Å². The number of fused-ring (bicyclic) bond motifs is 2. The number of hydrogen-bond donors (Lipinski definition) is 4. The molecule has 0 aliphatic carbocycles.